The number of carbonyl (C=O) groups excluding carboxylic acids is 3. The number of thiocarbonyl (C=S) groups is 1. The highest BCUT2D eigenvalue weighted by atomic mass is 32.1. The number of amides is 2. The van der Waals surface area contributed by atoms with Gasteiger partial charge < -0.3 is 15.0 Å². The maximum atomic E-state index is 12.8. The van der Waals surface area contributed by atoms with Crippen molar-refractivity contribution in [2.75, 3.05) is 18.6 Å². The lowest BCUT2D eigenvalue weighted by Gasteiger charge is -2.25. The number of anilines is 1. The second-order valence-corrected chi connectivity index (χ2v) is 7.15. The van der Waals surface area contributed by atoms with E-state index in [1.54, 1.807) is 43.1 Å². The first-order valence-electron chi connectivity index (χ1n) is 9.75. The number of rotatable bonds is 6. The number of carbonyl (C=O) groups is 3. The maximum absolute atomic E-state index is 12.8. The van der Waals surface area contributed by atoms with Gasteiger partial charge in [0.1, 0.15) is 0 Å². The summed E-state index contributed by atoms with van der Waals surface area (Å²) in [6.45, 7) is 1.91. The van der Waals surface area contributed by atoms with Crippen molar-refractivity contribution in [1.82, 2.24) is 10.6 Å². The Labute approximate surface area is 176 Å². The Morgan fingerprint density at radius 1 is 1.17 bits per heavy atom. The molecule has 0 unspecified atom stereocenters. The van der Waals surface area contributed by atoms with E-state index in [0.717, 1.165) is 37.8 Å². The Morgan fingerprint density at radius 2 is 1.86 bits per heavy atom. The topological polar surface area (TPSA) is 87.7 Å². The summed E-state index contributed by atoms with van der Waals surface area (Å²) < 4.78 is 4.72. The fraction of sp³-hybridized carbons (Fsp3) is 0.429. The van der Waals surface area contributed by atoms with Gasteiger partial charge in [0.2, 0.25) is 5.91 Å². The molecule has 156 valence electrons. The summed E-state index contributed by atoms with van der Waals surface area (Å²) in [4.78, 5) is 37.6. The van der Waals surface area contributed by atoms with Crippen LogP contribution >= 0.6 is 12.2 Å². The van der Waals surface area contributed by atoms with Gasteiger partial charge in [0.15, 0.2) is 5.11 Å². The van der Waals surface area contributed by atoms with Crippen LogP contribution in [-0.2, 0) is 14.3 Å². The summed E-state index contributed by atoms with van der Waals surface area (Å²) >= 11 is 5.29. The zero-order valence-electron chi connectivity index (χ0n) is 16.8. The minimum Gasteiger partial charge on any atom is -0.463 e. The lowest BCUT2D eigenvalue weighted by molar-refractivity contribution is -0.137. The monoisotopic (exact) mass is 417 g/mol. The predicted molar refractivity (Wildman–Crippen MR) is 116 cm³/mol. The Bertz CT molecular complexity index is 788. The van der Waals surface area contributed by atoms with Crippen LogP contribution in [0, 0.1) is 0 Å². The van der Waals surface area contributed by atoms with Crippen LogP contribution in [0.15, 0.2) is 36.4 Å². The zero-order valence-corrected chi connectivity index (χ0v) is 17.6. The van der Waals surface area contributed by atoms with Crippen LogP contribution in [0.5, 0.6) is 0 Å². The molecule has 7 nitrogen and oxygen atoms in total. The van der Waals surface area contributed by atoms with Crippen molar-refractivity contribution in [3.8, 4) is 0 Å². The zero-order chi connectivity index (χ0) is 21.2. The van der Waals surface area contributed by atoms with E-state index >= 15 is 0 Å². The Balaban J connectivity index is 2.03. The van der Waals surface area contributed by atoms with Crippen molar-refractivity contribution >= 4 is 40.8 Å². The molecule has 1 aliphatic rings. The molecule has 2 N–H and O–H groups in total. The van der Waals surface area contributed by atoms with E-state index in [2.05, 4.69) is 10.6 Å². The minimum absolute atomic E-state index is 0.112. The number of hydrogen-bond acceptors (Lipinski definition) is 5. The molecule has 2 amide bonds. The number of hydrogen-bond donors (Lipinski definition) is 2. The minimum atomic E-state index is -0.605. The van der Waals surface area contributed by atoms with Crippen molar-refractivity contribution in [3.05, 3.63) is 42.0 Å². The summed E-state index contributed by atoms with van der Waals surface area (Å²) in [6.07, 6.45) is 7.54. The average Bonchev–Trinajstić information content (AvgIpc) is 2.72. The van der Waals surface area contributed by atoms with E-state index in [4.69, 9.17) is 17.0 Å². The van der Waals surface area contributed by atoms with E-state index in [-0.39, 0.29) is 23.7 Å². The molecule has 0 radical (unpaired) electrons. The van der Waals surface area contributed by atoms with Crippen LogP contribution in [0.1, 0.15) is 49.4 Å². The molecule has 0 heterocycles. The summed E-state index contributed by atoms with van der Waals surface area (Å²) in [5.74, 6) is -1.32. The molecule has 0 aromatic heterocycles. The molecule has 0 saturated heterocycles. The molecule has 8 heteroatoms. The van der Waals surface area contributed by atoms with Crippen LogP contribution in [-0.4, -0.2) is 42.6 Å². The molecular formula is C21H27N3O4S. The second-order valence-electron chi connectivity index (χ2n) is 6.76. The first-order valence-corrected chi connectivity index (χ1v) is 10.2. The number of nitrogens with one attached hydrogen (secondary N) is 2. The van der Waals surface area contributed by atoms with Gasteiger partial charge in [-0.25, -0.2) is 4.79 Å². The Kier molecular flexibility index (Phi) is 8.79. The van der Waals surface area contributed by atoms with Crippen LogP contribution in [0.3, 0.4) is 0 Å². The number of ether oxygens (including phenoxy) is 1. The highest BCUT2D eigenvalue weighted by Crippen LogP contribution is 2.22. The molecule has 0 aliphatic heterocycles. The largest absolute Gasteiger partial charge is 0.463 e. The number of benzene rings is 1. The molecule has 0 atom stereocenters. The quantitative estimate of drug-likeness (QED) is 0.420. The van der Waals surface area contributed by atoms with E-state index in [1.807, 2.05) is 0 Å². The highest BCUT2D eigenvalue weighted by molar-refractivity contribution is 7.80. The molecule has 1 aromatic rings. The first-order chi connectivity index (χ1) is 13.9. The van der Waals surface area contributed by atoms with Gasteiger partial charge in [-0.3, -0.25) is 14.9 Å². The van der Waals surface area contributed by atoms with Gasteiger partial charge in [-0.05, 0) is 44.1 Å². The lowest BCUT2D eigenvalue weighted by atomic mass is 9.95. The summed E-state index contributed by atoms with van der Waals surface area (Å²) in [5.41, 5.74) is 1.07. The van der Waals surface area contributed by atoms with E-state index in [1.165, 1.54) is 6.42 Å². The number of para-hydroxylation sites is 1. The fourth-order valence-corrected chi connectivity index (χ4v) is 3.34. The van der Waals surface area contributed by atoms with E-state index in [0.29, 0.717) is 11.3 Å². The van der Waals surface area contributed by atoms with Gasteiger partial charge in [-0.15, -0.1) is 0 Å². The van der Waals surface area contributed by atoms with Crippen LogP contribution in [0.25, 0.3) is 0 Å². The van der Waals surface area contributed by atoms with Gasteiger partial charge in [-0.2, -0.15) is 0 Å². The Hall–Kier alpha value is -2.74. The van der Waals surface area contributed by atoms with Crippen LogP contribution < -0.4 is 15.5 Å². The standard InChI is InChI=1S/C21H27N3O4S/c1-3-28-19(26)14-13-18(25)23-21(29)24(2)17-12-8-7-11-16(17)20(27)22-15-9-5-4-6-10-15/h7-8,11-15H,3-6,9-10H2,1-2H3,(H,22,27)(H,23,25,29). The molecule has 0 bridgehead atoms. The van der Waals surface area contributed by atoms with Gasteiger partial charge in [0.05, 0.1) is 17.9 Å². The molecule has 1 aliphatic carbocycles. The molecule has 1 aromatic carbocycles. The third kappa shape index (κ3) is 6.98. The van der Waals surface area contributed by atoms with Gasteiger partial charge in [0.25, 0.3) is 5.91 Å². The smallest absolute Gasteiger partial charge is 0.330 e. The second kappa shape index (κ2) is 11.3. The summed E-state index contributed by atoms with van der Waals surface area (Å²) in [5, 5.41) is 5.72. The van der Waals surface area contributed by atoms with Crippen LogP contribution in [0.2, 0.25) is 0 Å². The van der Waals surface area contributed by atoms with Gasteiger partial charge >= 0.3 is 5.97 Å². The van der Waals surface area contributed by atoms with Crippen molar-refractivity contribution in [2.45, 2.75) is 45.1 Å². The van der Waals surface area contributed by atoms with Crippen molar-refractivity contribution < 1.29 is 19.1 Å². The summed E-state index contributed by atoms with van der Waals surface area (Å²) in [6, 6.07) is 7.28. The molecule has 29 heavy (non-hydrogen) atoms. The molecular weight excluding hydrogens is 390 g/mol. The van der Waals surface area contributed by atoms with E-state index in [9.17, 15) is 14.4 Å². The SMILES string of the molecule is CCOC(=O)C=CC(=O)NC(=S)N(C)c1ccccc1C(=O)NC1CCCCC1. The van der Waals surface area contributed by atoms with Gasteiger partial charge in [0, 0.05) is 25.2 Å². The van der Waals surface area contributed by atoms with Crippen molar-refractivity contribution in [1.29, 1.82) is 0 Å². The first kappa shape index (κ1) is 22.5. The number of nitrogens with zero attached hydrogens (tertiary/aromatic N) is 1. The number of esters is 1. The fourth-order valence-electron chi connectivity index (χ4n) is 3.14. The molecule has 1 saturated carbocycles. The highest BCUT2D eigenvalue weighted by Gasteiger charge is 2.21. The molecule has 0 spiro atoms. The third-order valence-electron chi connectivity index (χ3n) is 4.64. The normalized spacial score (nSPS) is 14.3. The van der Waals surface area contributed by atoms with Crippen molar-refractivity contribution in [3.63, 3.8) is 0 Å². The van der Waals surface area contributed by atoms with Crippen molar-refractivity contribution in [2.24, 2.45) is 0 Å². The maximum Gasteiger partial charge on any atom is 0.330 e. The predicted octanol–water partition coefficient (Wildman–Crippen LogP) is 2.71. The Morgan fingerprint density at radius 3 is 2.55 bits per heavy atom. The van der Waals surface area contributed by atoms with E-state index < -0.39 is 11.9 Å². The molecule has 1 fully saturated rings. The molecule has 2 rings (SSSR count). The summed E-state index contributed by atoms with van der Waals surface area (Å²) in [7, 11) is 1.67. The third-order valence-corrected chi connectivity index (χ3v) is 5.02. The van der Waals surface area contributed by atoms with Crippen LogP contribution in [0.4, 0.5) is 5.69 Å². The average molecular weight is 418 g/mol. The van der Waals surface area contributed by atoms with Gasteiger partial charge in [-0.1, -0.05) is 31.4 Å². The lowest BCUT2D eigenvalue weighted by Crippen LogP contribution is -2.41.